The molecule has 3 rings (SSSR count). The number of nitrogens with zero attached hydrogens (tertiary/aromatic N) is 1. The van der Waals surface area contributed by atoms with Crippen molar-refractivity contribution in [2.24, 2.45) is 16.6 Å². The second kappa shape index (κ2) is 7.60. The number of hydrogen-bond donors (Lipinski definition) is 2. The van der Waals surface area contributed by atoms with Crippen LogP contribution in [0.4, 0.5) is 13.2 Å². The zero-order valence-electron chi connectivity index (χ0n) is 14.8. The average Bonchev–Trinajstić information content (AvgIpc) is 2.63. The standard InChI is InChI=1S/C20H21F3N2O2/c1-12-7-13(5-6-14(12)11-26)15-8-18(19(24)25-10-15)27-17-4-2-3-16(9-17)20(21,22)23/h2,4-9,15-16,26H,3,10-11H2,1H3,(H2,24,25)/t15?,16-/m0/s1. The van der Waals surface area contributed by atoms with Crippen LogP contribution in [0.25, 0.3) is 0 Å². The summed E-state index contributed by atoms with van der Waals surface area (Å²) in [6, 6.07) is 5.70. The lowest BCUT2D eigenvalue weighted by Gasteiger charge is -2.23. The highest BCUT2D eigenvalue weighted by atomic mass is 19.4. The van der Waals surface area contributed by atoms with Gasteiger partial charge in [-0.15, -0.1) is 0 Å². The lowest BCUT2D eigenvalue weighted by Crippen LogP contribution is -2.25. The molecule has 1 aliphatic heterocycles. The summed E-state index contributed by atoms with van der Waals surface area (Å²) < 4.78 is 44.5. The van der Waals surface area contributed by atoms with E-state index in [9.17, 15) is 18.3 Å². The number of aliphatic hydroxyl groups excluding tert-OH is 1. The number of dihydropyridines is 1. The second-order valence-electron chi connectivity index (χ2n) is 6.66. The van der Waals surface area contributed by atoms with Gasteiger partial charge in [0.15, 0.2) is 11.6 Å². The number of hydrogen-bond acceptors (Lipinski definition) is 4. The maximum atomic E-state index is 12.9. The average molecular weight is 378 g/mol. The van der Waals surface area contributed by atoms with Crippen molar-refractivity contribution >= 4 is 5.84 Å². The van der Waals surface area contributed by atoms with Crippen molar-refractivity contribution in [1.82, 2.24) is 0 Å². The highest BCUT2D eigenvalue weighted by Crippen LogP contribution is 2.34. The first-order valence-electron chi connectivity index (χ1n) is 8.63. The van der Waals surface area contributed by atoms with E-state index in [0.29, 0.717) is 6.54 Å². The van der Waals surface area contributed by atoms with Gasteiger partial charge in [0.2, 0.25) is 0 Å². The van der Waals surface area contributed by atoms with Crippen LogP contribution in [0.1, 0.15) is 29.0 Å². The minimum atomic E-state index is -4.31. The van der Waals surface area contributed by atoms with Gasteiger partial charge in [0.25, 0.3) is 0 Å². The predicted molar refractivity (Wildman–Crippen MR) is 96.9 cm³/mol. The molecule has 1 aromatic carbocycles. The summed E-state index contributed by atoms with van der Waals surface area (Å²) in [5.74, 6) is -1.14. The summed E-state index contributed by atoms with van der Waals surface area (Å²) in [7, 11) is 0. The minimum Gasteiger partial charge on any atom is -0.454 e. The number of rotatable bonds is 4. The SMILES string of the molecule is Cc1cc(C2C=C(OC3=C[C@@H](C(F)(F)F)CC=C3)C(N)=NC2)ccc1CO. The number of allylic oxidation sites excluding steroid dienone is 3. The molecule has 1 heterocycles. The van der Waals surface area contributed by atoms with Gasteiger partial charge in [0.1, 0.15) is 5.76 Å². The van der Waals surface area contributed by atoms with Crippen molar-refractivity contribution in [3.63, 3.8) is 0 Å². The van der Waals surface area contributed by atoms with E-state index >= 15 is 0 Å². The summed E-state index contributed by atoms with van der Waals surface area (Å²) in [6.07, 6.45) is 1.39. The Hall–Kier alpha value is -2.54. The van der Waals surface area contributed by atoms with E-state index in [0.717, 1.165) is 22.8 Å². The molecule has 1 aliphatic carbocycles. The molecule has 2 aliphatic rings. The van der Waals surface area contributed by atoms with Crippen LogP contribution in [0.15, 0.2) is 59.0 Å². The molecule has 0 saturated heterocycles. The van der Waals surface area contributed by atoms with E-state index in [2.05, 4.69) is 4.99 Å². The fourth-order valence-electron chi connectivity index (χ4n) is 3.09. The van der Waals surface area contributed by atoms with Crippen LogP contribution in [0, 0.1) is 12.8 Å². The summed E-state index contributed by atoms with van der Waals surface area (Å²) in [5, 5.41) is 9.29. The number of aliphatic imine (C=N–C) groups is 1. The fourth-order valence-corrected chi connectivity index (χ4v) is 3.09. The Morgan fingerprint density at radius 1 is 1.30 bits per heavy atom. The number of aryl methyl sites for hydroxylation is 1. The van der Waals surface area contributed by atoms with Crippen LogP contribution in [0.3, 0.4) is 0 Å². The van der Waals surface area contributed by atoms with Gasteiger partial charge in [0, 0.05) is 5.92 Å². The molecular weight excluding hydrogens is 357 g/mol. The van der Waals surface area contributed by atoms with Crippen molar-refractivity contribution in [2.75, 3.05) is 6.54 Å². The van der Waals surface area contributed by atoms with Crippen LogP contribution in [0.5, 0.6) is 0 Å². The Morgan fingerprint density at radius 3 is 2.74 bits per heavy atom. The van der Waals surface area contributed by atoms with Gasteiger partial charge in [-0.1, -0.05) is 24.3 Å². The van der Waals surface area contributed by atoms with Gasteiger partial charge in [-0.3, -0.25) is 4.99 Å². The van der Waals surface area contributed by atoms with Crippen LogP contribution in [-0.2, 0) is 11.3 Å². The van der Waals surface area contributed by atoms with Gasteiger partial charge in [-0.25, -0.2) is 0 Å². The molecule has 0 saturated carbocycles. The fraction of sp³-hybridized carbons (Fsp3) is 0.350. The third kappa shape index (κ3) is 4.42. The Morgan fingerprint density at radius 2 is 2.07 bits per heavy atom. The number of alkyl halides is 3. The molecule has 0 bridgehead atoms. The Labute approximate surface area is 155 Å². The summed E-state index contributed by atoms with van der Waals surface area (Å²) in [5.41, 5.74) is 8.66. The normalized spacial score (nSPS) is 22.8. The Kier molecular flexibility index (Phi) is 5.41. The molecule has 1 aromatic rings. The summed E-state index contributed by atoms with van der Waals surface area (Å²) in [4.78, 5) is 4.25. The molecule has 0 fully saturated rings. The first kappa shape index (κ1) is 19.2. The molecule has 4 nitrogen and oxygen atoms in total. The number of amidine groups is 1. The third-order valence-corrected chi connectivity index (χ3v) is 4.71. The van der Waals surface area contributed by atoms with Crippen molar-refractivity contribution in [2.45, 2.75) is 32.0 Å². The van der Waals surface area contributed by atoms with E-state index in [4.69, 9.17) is 10.5 Å². The highest BCUT2D eigenvalue weighted by Gasteiger charge is 2.38. The quantitative estimate of drug-likeness (QED) is 0.836. The van der Waals surface area contributed by atoms with Gasteiger partial charge in [0.05, 0.1) is 19.1 Å². The molecule has 0 amide bonds. The Balaban J connectivity index is 1.82. The second-order valence-corrected chi connectivity index (χ2v) is 6.66. The molecule has 144 valence electrons. The van der Waals surface area contributed by atoms with Crippen LogP contribution in [0.2, 0.25) is 0 Å². The third-order valence-electron chi connectivity index (χ3n) is 4.71. The smallest absolute Gasteiger partial charge is 0.395 e. The van der Waals surface area contributed by atoms with E-state index < -0.39 is 12.1 Å². The lowest BCUT2D eigenvalue weighted by molar-refractivity contribution is -0.160. The number of nitrogens with two attached hydrogens (primary N) is 1. The highest BCUT2D eigenvalue weighted by molar-refractivity contribution is 5.96. The monoisotopic (exact) mass is 378 g/mol. The molecule has 2 atom stereocenters. The maximum absolute atomic E-state index is 12.9. The van der Waals surface area contributed by atoms with E-state index in [-0.39, 0.29) is 36.3 Å². The molecular formula is C20H21F3N2O2. The zero-order valence-corrected chi connectivity index (χ0v) is 14.8. The number of ether oxygens (including phenoxy) is 1. The largest absolute Gasteiger partial charge is 0.454 e. The number of benzene rings is 1. The topological polar surface area (TPSA) is 67.8 Å². The predicted octanol–water partition coefficient (Wildman–Crippen LogP) is 3.86. The van der Waals surface area contributed by atoms with Gasteiger partial charge in [-0.05, 0) is 48.3 Å². The van der Waals surface area contributed by atoms with Crippen molar-refractivity contribution in [1.29, 1.82) is 0 Å². The molecule has 0 spiro atoms. The van der Waals surface area contributed by atoms with E-state index in [1.54, 1.807) is 6.08 Å². The van der Waals surface area contributed by atoms with Crippen molar-refractivity contribution in [3.8, 4) is 0 Å². The molecule has 0 aromatic heterocycles. The minimum absolute atomic E-state index is 0.0348. The molecule has 7 heteroatoms. The Bertz CT molecular complexity index is 838. The summed E-state index contributed by atoms with van der Waals surface area (Å²) >= 11 is 0. The van der Waals surface area contributed by atoms with Gasteiger partial charge in [-0.2, -0.15) is 13.2 Å². The maximum Gasteiger partial charge on any atom is 0.395 e. The van der Waals surface area contributed by atoms with Crippen LogP contribution >= 0.6 is 0 Å². The molecule has 1 unspecified atom stereocenters. The first-order chi connectivity index (χ1) is 12.8. The van der Waals surface area contributed by atoms with Crippen molar-refractivity contribution in [3.05, 3.63) is 70.7 Å². The van der Waals surface area contributed by atoms with Gasteiger partial charge >= 0.3 is 6.18 Å². The summed E-state index contributed by atoms with van der Waals surface area (Å²) in [6.45, 7) is 2.30. The first-order valence-corrected chi connectivity index (χ1v) is 8.63. The zero-order chi connectivity index (χ0) is 19.6. The molecule has 0 radical (unpaired) electrons. The lowest BCUT2D eigenvalue weighted by atomic mass is 9.93. The van der Waals surface area contributed by atoms with Crippen molar-refractivity contribution < 1.29 is 23.0 Å². The van der Waals surface area contributed by atoms with E-state index in [1.165, 1.54) is 12.2 Å². The molecule has 27 heavy (non-hydrogen) atoms. The van der Waals surface area contributed by atoms with Gasteiger partial charge < -0.3 is 15.6 Å². The number of aliphatic hydroxyl groups is 1. The van der Waals surface area contributed by atoms with Crippen LogP contribution in [-0.4, -0.2) is 23.7 Å². The van der Waals surface area contributed by atoms with Crippen LogP contribution < -0.4 is 5.73 Å². The van der Waals surface area contributed by atoms with E-state index in [1.807, 2.05) is 25.1 Å². The molecule has 3 N–H and O–H groups in total. The number of halogens is 3.